The molecule has 0 saturated carbocycles. The van der Waals surface area contributed by atoms with Crippen molar-refractivity contribution in [2.75, 3.05) is 11.5 Å². The molecule has 6 heteroatoms. The van der Waals surface area contributed by atoms with Gasteiger partial charge in [0.1, 0.15) is 0 Å². The van der Waals surface area contributed by atoms with Crippen LogP contribution in [0.4, 0.5) is 5.13 Å². The first-order valence-corrected chi connectivity index (χ1v) is 8.06. The number of nitrogens with two attached hydrogens (primary N) is 1. The Labute approximate surface area is 126 Å². The van der Waals surface area contributed by atoms with Crippen LogP contribution in [0.1, 0.15) is 24.2 Å². The van der Waals surface area contributed by atoms with Crippen LogP contribution in [0.3, 0.4) is 0 Å². The SMILES string of the molecule is Cc1nc(N)sc1SCC(=O)NC(C)c1ccccc1. The number of hydrogen-bond acceptors (Lipinski definition) is 5. The summed E-state index contributed by atoms with van der Waals surface area (Å²) in [4.78, 5) is 16.1. The molecule has 0 spiro atoms. The monoisotopic (exact) mass is 307 g/mol. The van der Waals surface area contributed by atoms with Gasteiger partial charge in [-0.2, -0.15) is 0 Å². The van der Waals surface area contributed by atoms with Crippen molar-refractivity contribution >= 4 is 34.1 Å². The standard InChI is InChI=1S/C14H17N3OS2/c1-9(11-6-4-3-5-7-11)16-12(18)8-19-13-10(2)17-14(15)20-13/h3-7,9H,8H2,1-2H3,(H2,15,17)(H,16,18). The molecule has 3 N–H and O–H groups in total. The maximum absolute atomic E-state index is 11.9. The topological polar surface area (TPSA) is 68.0 Å². The van der Waals surface area contributed by atoms with Gasteiger partial charge in [0.15, 0.2) is 5.13 Å². The molecule has 0 bridgehead atoms. The first-order chi connectivity index (χ1) is 9.56. The Morgan fingerprint density at radius 1 is 1.45 bits per heavy atom. The number of hydrogen-bond donors (Lipinski definition) is 2. The fourth-order valence-corrected chi connectivity index (χ4v) is 3.61. The van der Waals surface area contributed by atoms with Gasteiger partial charge < -0.3 is 11.1 Å². The normalized spacial score (nSPS) is 12.1. The maximum Gasteiger partial charge on any atom is 0.230 e. The summed E-state index contributed by atoms with van der Waals surface area (Å²) in [6.45, 7) is 3.88. The highest BCUT2D eigenvalue weighted by Gasteiger charge is 2.12. The van der Waals surface area contributed by atoms with E-state index in [2.05, 4.69) is 10.3 Å². The average molecular weight is 307 g/mol. The lowest BCUT2D eigenvalue weighted by molar-refractivity contribution is -0.119. The third-order valence-electron chi connectivity index (χ3n) is 2.78. The van der Waals surface area contributed by atoms with Crippen LogP contribution in [0.25, 0.3) is 0 Å². The lowest BCUT2D eigenvalue weighted by atomic mass is 10.1. The van der Waals surface area contributed by atoms with Crippen LogP contribution >= 0.6 is 23.1 Å². The fourth-order valence-electron chi connectivity index (χ4n) is 1.78. The fraction of sp³-hybridized carbons (Fsp3) is 0.286. The maximum atomic E-state index is 11.9. The highest BCUT2D eigenvalue weighted by molar-refractivity contribution is 8.01. The van der Waals surface area contributed by atoms with Crippen molar-refractivity contribution in [2.45, 2.75) is 24.1 Å². The van der Waals surface area contributed by atoms with Gasteiger partial charge in [-0.25, -0.2) is 4.98 Å². The van der Waals surface area contributed by atoms with E-state index < -0.39 is 0 Å². The molecule has 0 aliphatic heterocycles. The zero-order chi connectivity index (χ0) is 14.5. The Kier molecular flexibility index (Phi) is 5.03. The molecule has 2 aromatic rings. The number of carbonyl (C=O) groups excluding carboxylic acids is 1. The second kappa shape index (κ2) is 6.76. The Hall–Kier alpha value is -1.53. The Morgan fingerprint density at radius 2 is 2.15 bits per heavy atom. The molecule has 2 rings (SSSR count). The van der Waals surface area contributed by atoms with Crippen molar-refractivity contribution < 1.29 is 4.79 Å². The minimum Gasteiger partial charge on any atom is -0.375 e. The van der Waals surface area contributed by atoms with Crippen LogP contribution in [-0.2, 0) is 4.79 Å². The van der Waals surface area contributed by atoms with E-state index in [1.165, 1.54) is 23.1 Å². The molecule has 0 radical (unpaired) electrons. The molecular formula is C14H17N3OS2. The number of rotatable bonds is 5. The summed E-state index contributed by atoms with van der Waals surface area (Å²) in [5, 5.41) is 3.53. The lowest BCUT2D eigenvalue weighted by Gasteiger charge is -2.13. The minimum atomic E-state index is 0.0110. The van der Waals surface area contributed by atoms with Gasteiger partial charge in [-0.3, -0.25) is 4.79 Å². The van der Waals surface area contributed by atoms with Crippen molar-refractivity contribution in [3.05, 3.63) is 41.6 Å². The van der Waals surface area contributed by atoms with E-state index in [9.17, 15) is 4.79 Å². The molecule has 20 heavy (non-hydrogen) atoms. The van der Waals surface area contributed by atoms with Gasteiger partial charge >= 0.3 is 0 Å². The largest absolute Gasteiger partial charge is 0.375 e. The molecule has 0 aliphatic rings. The number of nitrogens with one attached hydrogen (secondary N) is 1. The van der Waals surface area contributed by atoms with E-state index in [0.717, 1.165) is 15.5 Å². The quantitative estimate of drug-likeness (QED) is 0.833. The van der Waals surface area contributed by atoms with Crippen molar-refractivity contribution in [1.29, 1.82) is 0 Å². The van der Waals surface area contributed by atoms with E-state index in [1.54, 1.807) is 0 Å². The summed E-state index contributed by atoms with van der Waals surface area (Å²) in [7, 11) is 0. The highest BCUT2D eigenvalue weighted by atomic mass is 32.2. The summed E-state index contributed by atoms with van der Waals surface area (Å²) in [5.74, 6) is 0.386. The Morgan fingerprint density at radius 3 is 2.75 bits per heavy atom. The number of anilines is 1. The first-order valence-electron chi connectivity index (χ1n) is 6.26. The van der Waals surface area contributed by atoms with Gasteiger partial charge in [-0.1, -0.05) is 41.7 Å². The Bertz CT molecular complexity index is 583. The molecule has 0 fully saturated rings. The predicted octanol–water partition coefficient (Wildman–Crippen LogP) is 3.00. The van der Waals surface area contributed by atoms with Crippen LogP contribution < -0.4 is 11.1 Å². The van der Waals surface area contributed by atoms with Gasteiger partial charge in [0.25, 0.3) is 0 Å². The van der Waals surface area contributed by atoms with Gasteiger partial charge in [0.2, 0.25) is 5.91 Å². The van der Waals surface area contributed by atoms with Gasteiger partial charge in [0, 0.05) is 0 Å². The van der Waals surface area contributed by atoms with E-state index in [1.807, 2.05) is 44.2 Å². The van der Waals surface area contributed by atoms with Crippen LogP contribution in [0.15, 0.2) is 34.5 Å². The molecule has 1 unspecified atom stereocenters. The molecular weight excluding hydrogens is 290 g/mol. The summed E-state index contributed by atoms with van der Waals surface area (Å²) < 4.78 is 1.00. The third-order valence-corrected chi connectivity index (χ3v) is 5.13. The highest BCUT2D eigenvalue weighted by Crippen LogP contribution is 2.30. The van der Waals surface area contributed by atoms with Crippen LogP contribution in [-0.4, -0.2) is 16.6 Å². The number of thioether (sulfide) groups is 1. The zero-order valence-electron chi connectivity index (χ0n) is 11.4. The minimum absolute atomic E-state index is 0.0110. The van der Waals surface area contributed by atoms with Gasteiger partial charge in [0.05, 0.1) is 21.7 Å². The number of thiazole rings is 1. The van der Waals surface area contributed by atoms with E-state index in [0.29, 0.717) is 10.9 Å². The van der Waals surface area contributed by atoms with E-state index >= 15 is 0 Å². The van der Waals surface area contributed by atoms with Crippen molar-refractivity contribution in [1.82, 2.24) is 10.3 Å². The van der Waals surface area contributed by atoms with Crippen LogP contribution in [0.5, 0.6) is 0 Å². The van der Waals surface area contributed by atoms with E-state index in [4.69, 9.17) is 5.73 Å². The van der Waals surface area contributed by atoms with Crippen molar-refractivity contribution in [3.8, 4) is 0 Å². The number of nitrogen functional groups attached to an aromatic ring is 1. The lowest BCUT2D eigenvalue weighted by Crippen LogP contribution is -2.28. The van der Waals surface area contributed by atoms with Crippen molar-refractivity contribution in [3.63, 3.8) is 0 Å². The van der Waals surface area contributed by atoms with Gasteiger partial charge in [-0.05, 0) is 19.4 Å². The summed E-state index contributed by atoms with van der Waals surface area (Å²) in [6, 6.07) is 9.92. The summed E-state index contributed by atoms with van der Waals surface area (Å²) in [6.07, 6.45) is 0. The molecule has 106 valence electrons. The molecule has 1 aromatic carbocycles. The average Bonchev–Trinajstić information content (AvgIpc) is 2.75. The van der Waals surface area contributed by atoms with Crippen molar-refractivity contribution in [2.24, 2.45) is 0 Å². The number of nitrogens with zero attached hydrogens (tertiary/aromatic N) is 1. The number of benzene rings is 1. The predicted molar refractivity (Wildman–Crippen MR) is 85.0 cm³/mol. The molecule has 1 heterocycles. The smallest absolute Gasteiger partial charge is 0.230 e. The van der Waals surface area contributed by atoms with Crippen LogP contribution in [0, 0.1) is 6.92 Å². The number of aromatic nitrogens is 1. The van der Waals surface area contributed by atoms with E-state index in [-0.39, 0.29) is 11.9 Å². The van der Waals surface area contributed by atoms with Crippen LogP contribution in [0.2, 0.25) is 0 Å². The Balaban J connectivity index is 1.85. The molecule has 1 aromatic heterocycles. The molecule has 1 amide bonds. The van der Waals surface area contributed by atoms with Gasteiger partial charge in [-0.15, -0.1) is 11.8 Å². The zero-order valence-corrected chi connectivity index (χ0v) is 13.1. The summed E-state index contributed by atoms with van der Waals surface area (Å²) >= 11 is 2.90. The molecule has 4 nitrogen and oxygen atoms in total. The molecule has 0 saturated heterocycles. The third kappa shape index (κ3) is 3.98. The summed E-state index contributed by atoms with van der Waals surface area (Å²) in [5.41, 5.74) is 7.63. The second-order valence-electron chi connectivity index (χ2n) is 4.41. The second-order valence-corrected chi connectivity index (χ2v) is 6.69. The molecule has 1 atom stereocenters. The number of aryl methyl sites for hydroxylation is 1. The first kappa shape index (κ1) is 14.9. The number of amides is 1. The molecule has 0 aliphatic carbocycles. The number of carbonyl (C=O) groups is 1.